The Hall–Kier alpha value is -2.99. The van der Waals surface area contributed by atoms with E-state index in [1.807, 2.05) is 45.2 Å². The van der Waals surface area contributed by atoms with E-state index in [1.165, 1.54) is 0 Å². The fourth-order valence-electron chi connectivity index (χ4n) is 3.12. The third-order valence-corrected chi connectivity index (χ3v) is 4.52. The summed E-state index contributed by atoms with van der Waals surface area (Å²) in [6.45, 7) is 3.75. The number of aliphatic hydroxyl groups is 1. The normalized spacial score (nSPS) is 12.2. The molecule has 6 nitrogen and oxygen atoms in total. The van der Waals surface area contributed by atoms with Crippen LogP contribution in [0.5, 0.6) is 0 Å². The summed E-state index contributed by atoms with van der Waals surface area (Å²) in [7, 11) is 1.84. The Morgan fingerprint density at radius 2 is 2.08 bits per heavy atom. The Balaban J connectivity index is 2.33. The molecule has 3 N–H and O–H groups in total. The van der Waals surface area contributed by atoms with Crippen molar-refractivity contribution in [2.75, 3.05) is 6.61 Å². The lowest BCUT2D eigenvalue weighted by Gasteiger charge is -2.20. The maximum absolute atomic E-state index is 12.2. The molecule has 0 aliphatic heterocycles. The lowest BCUT2D eigenvalue weighted by Crippen LogP contribution is -2.18. The molecule has 0 bridgehead atoms. The van der Waals surface area contributed by atoms with E-state index in [1.54, 1.807) is 23.1 Å². The highest BCUT2D eigenvalue weighted by Crippen LogP contribution is 2.35. The largest absolute Gasteiger partial charge is 0.396 e. The molecule has 0 saturated carbocycles. The summed E-state index contributed by atoms with van der Waals surface area (Å²) in [4.78, 5) is 16.6. The van der Waals surface area contributed by atoms with Crippen LogP contribution in [0.3, 0.4) is 0 Å². The average molecular weight is 350 g/mol. The number of pyridine rings is 1. The maximum Gasteiger partial charge on any atom is 0.249 e. The lowest BCUT2D eigenvalue weighted by atomic mass is 9.87. The van der Waals surface area contributed by atoms with Crippen molar-refractivity contribution in [1.29, 1.82) is 0 Å². The SMILES string of the molecule is Cc1ccc(-c2cc(C(N)=O)c([C@H](C)CO)c(-c3ccnn3C)c2)nc1. The minimum Gasteiger partial charge on any atom is -0.396 e. The summed E-state index contributed by atoms with van der Waals surface area (Å²) < 4.78 is 1.74. The molecule has 26 heavy (non-hydrogen) atoms. The van der Waals surface area contributed by atoms with Crippen LogP contribution in [0.4, 0.5) is 0 Å². The number of primary amides is 1. The van der Waals surface area contributed by atoms with E-state index in [4.69, 9.17) is 5.73 Å². The average Bonchev–Trinajstić information content (AvgIpc) is 3.06. The van der Waals surface area contributed by atoms with Crippen LogP contribution >= 0.6 is 0 Å². The molecule has 3 rings (SSSR count). The predicted octanol–water partition coefficient (Wildman–Crippen LogP) is 2.65. The van der Waals surface area contributed by atoms with Crippen LogP contribution in [0.25, 0.3) is 22.5 Å². The van der Waals surface area contributed by atoms with Crippen LogP contribution in [-0.4, -0.2) is 32.4 Å². The van der Waals surface area contributed by atoms with Gasteiger partial charge in [0.25, 0.3) is 0 Å². The Morgan fingerprint density at radius 3 is 2.62 bits per heavy atom. The van der Waals surface area contributed by atoms with E-state index in [0.717, 1.165) is 33.6 Å². The second-order valence-electron chi connectivity index (χ2n) is 6.49. The van der Waals surface area contributed by atoms with Crippen molar-refractivity contribution in [3.63, 3.8) is 0 Å². The number of aryl methyl sites for hydroxylation is 2. The second kappa shape index (κ2) is 7.09. The van der Waals surface area contributed by atoms with Crippen molar-refractivity contribution in [2.45, 2.75) is 19.8 Å². The summed E-state index contributed by atoms with van der Waals surface area (Å²) in [5, 5.41) is 13.9. The number of carbonyl (C=O) groups excluding carboxylic acids is 1. The van der Waals surface area contributed by atoms with Gasteiger partial charge in [0.2, 0.25) is 5.91 Å². The fourth-order valence-corrected chi connectivity index (χ4v) is 3.12. The van der Waals surface area contributed by atoms with E-state index in [-0.39, 0.29) is 12.5 Å². The number of nitrogens with two attached hydrogens (primary N) is 1. The Labute approximate surface area is 152 Å². The highest BCUT2D eigenvalue weighted by Gasteiger charge is 2.22. The zero-order valence-electron chi connectivity index (χ0n) is 15.1. The van der Waals surface area contributed by atoms with Gasteiger partial charge in [-0.05, 0) is 42.3 Å². The summed E-state index contributed by atoms with van der Waals surface area (Å²) in [5.41, 5.74) is 11.1. The standard InChI is InChI=1S/C20H22N4O2/c1-12-4-5-17(22-10-12)14-8-15(18-6-7-23-24(18)3)19(13(2)11-25)16(9-14)20(21)26/h4-10,13,25H,11H2,1-3H3,(H2,21,26)/t13-/m1/s1. The van der Waals surface area contributed by atoms with Gasteiger partial charge in [0, 0.05) is 48.7 Å². The van der Waals surface area contributed by atoms with Crippen LogP contribution < -0.4 is 5.73 Å². The summed E-state index contributed by atoms with van der Waals surface area (Å²) in [6.07, 6.45) is 3.48. The van der Waals surface area contributed by atoms with Crippen LogP contribution in [-0.2, 0) is 7.05 Å². The molecule has 1 amide bonds. The third-order valence-electron chi connectivity index (χ3n) is 4.52. The third kappa shape index (κ3) is 3.23. The minimum absolute atomic E-state index is 0.0900. The number of aromatic nitrogens is 3. The Bertz CT molecular complexity index is 945. The van der Waals surface area contributed by atoms with E-state index in [2.05, 4.69) is 10.1 Å². The molecule has 0 aliphatic carbocycles. The summed E-state index contributed by atoms with van der Waals surface area (Å²) in [6, 6.07) is 9.49. The van der Waals surface area contributed by atoms with Gasteiger partial charge < -0.3 is 10.8 Å². The quantitative estimate of drug-likeness (QED) is 0.740. The monoisotopic (exact) mass is 350 g/mol. The van der Waals surface area contributed by atoms with Crippen molar-refractivity contribution < 1.29 is 9.90 Å². The molecule has 0 aliphatic rings. The number of aliphatic hydroxyl groups excluding tert-OH is 1. The van der Waals surface area contributed by atoms with Crippen LogP contribution in [0.1, 0.15) is 34.3 Å². The first kappa shape index (κ1) is 17.8. The van der Waals surface area contributed by atoms with E-state index in [0.29, 0.717) is 5.56 Å². The first-order valence-electron chi connectivity index (χ1n) is 8.42. The van der Waals surface area contributed by atoms with Gasteiger partial charge >= 0.3 is 0 Å². The van der Waals surface area contributed by atoms with Crippen LogP contribution in [0.2, 0.25) is 0 Å². The number of hydrogen-bond donors (Lipinski definition) is 2. The van der Waals surface area contributed by atoms with Crippen molar-refractivity contribution >= 4 is 5.91 Å². The molecule has 0 spiro atoms. The molecule has 1 aromatic carbocycles. The molecule has 6 heteroatoms. The molecule has 1 atom stereocenters. The predicted molar refractivity (Wildman–Crippen MR) is 101 cm³/mol. The van der Waals surface area contributed by atoms with Gasteiger partial charge in [0.05, 0.1) is 11.4 Å². The summed E-state index contributed by atoms with van der Waals surface area (Å²) in [5.74, 6) is -0.778. The Morgan fingerprint density at radius 1 is 1.31 bits per heavy atom. The van der Waals surface area contributed by atoms with Gasteiger partial charge in [0.1, 0.15) is 0 Å². The van der Waals surface area contributed by atoms with Crippen LogP contribution in [0.15, 0.2) is 42.7 Å². The molecule has 0 unspecified atom stereocenters. The molecule has 0 fully saturated rings. The van der Waals surface area contributed by atoms with E-state index < -0.39 is 5.91 Å². The number of nitrogens with zero attached hydrogens (tertiary/aromatic N) is 3. The van der Waals surface area contributed by atoms with Gasteiger partial charge in [-0.15, -0.1) is 0 Å². The molecular formula is C20H22N4O2. The molecule has 2 aromatic heterocycles. The minimum atomic E-state index is -0.530. The highest BCUT2D eigenvalue weighted by molar-refractivity contribution is 5.98. The zero-order valence-corrected chi connectivity index (χ0v) is 15.1. The molecule has 2 heterocycles. The molecule has 134 valence electrons. The molecular weight excluding hydrogens is 328 g/mol. The first-order chi connectivity index (χ1) is 12.4. The van der Waals surface area contributed by atoms with Crippen molar-refractivity contribution in [1.82, 2.24) is 14.8 Å². The van der Waals surface area contributed by atoms with Gasteiger partial charge in [-0.1, -0.05) is 13.0 Å². The van der Waals surface area contributed by atoms with Gasteiger partial charge in [0.15, 0.2) is 0 Å². The van der Waals surface area contributed by atoms with E-state index in [9.17, 15) is 9.90 Å². The highest BCUT2D eigenvalue weighted by atomic mass is 16.3. The summed E-state index contributed by atoms with van der Waals surface area (Å²) >= 11 is 0. The smallest absolute Gasteiger partial charge is 0.249 e. The fraction of sp³-hybridized carbons (Fsp3) is 0.250. The second-order valence-corrected chi connectivity index (χ2v) is 6.49. The maximum atomic E-state index is 12.2. The molecule has 0 radical (unpaired) electrons. The first-order valence-corrected chi connectivity index (χ1v) is 8.42. The van der Waals surface area contributed by atoms with Gasteiger partial charge in [-0.25, -0.2) is 0 Å². The number of hydrogen-bond acceptors (Lipinski definition) is 4. The van der Waals surface area contributed by atoms with Gasteiger partial charge in [-0.2, -0.15) is 5.10 Å². The number of amides is 1. The zero-order chi connectivity index (χ0) is 18.8. The topological polar surface area (TPSA) is 94.0 Å². The lowest BCUT2D eigenvalue weighted by molar-refractivity contribution is 0.0998. The number of benzene rings is 1. The van der Waals surface area contributed by atoms with Gasteiger partial charge in [-0.3, -0.25) is 14.5 Å². The van der Waals surface area contributed by atoms with Crippen molar-refractivity contribution in [2.24, 2.45) is 12.8 Å². The number of carbonyl (C=O) groups is 1. The van der Waals surface area contributed by atoms with E-state index >= 15 is 0 Å². The van der Waals surface area contributed by atoms with Crippen LogP contribution in [0, 0.1) is 6.92 Å². The molecule has 3 aromatic rings. The number of rotatable bonds is 5. The molecule has 0 saturated heterocycles. The van der Waals surface area contributed by atoms with Crippen molar-refractivity contribution in [3.8, 4) is 22.5 Å². The van der Waals surface area contributed by atoms with Crippen molar-refractivity contribution in [3.05, 3.63) is 59.4 Å². The Kier molecular flexibility index (Phi) is 4.86.